The zero-order valence-corrected chi connectivity index (χ0v) is 12.7. The average Bonchev–Trinajstić information content (AvgIpc) is 2.53. The van der Waals surface area contributed by atoms with Gasteiger partial charge in [0.05, 0.1) is 0 Å². The lowest BCUT2D eigenvalue weighted by atomic mass is 10.2. The zero-order chi connectivity index (χ0) is 13.1. The van der Waals surface area contributed by atoms with Crippen LogP contribution in [-0.2, 0) is 17.1 Å². The molecule has 9 heteroatoms. The molecule has 1 heterocycles. The van der Waals surface area contributed by atoms with E-state index in [2.05, 4.69) is 31.0 Å². The molecule has 1 N–H and O–H groups in total. The Labute approximate surface area is 114 Å². The number of rotatable bonds is 6. The second kappa shape index (κ2) is 6.12. The maximum Gasteiger partial charge on any atom is 0.260 e. The molecular weight excluding hydrogens is 332 g/mol. The number of sulfonamides is 1. The van der Waals surface area contributed by atoms with Crippen LogP contribution in [0.3, 0.4) is 0 Å². The van der Waals surface area contributed by atoms with Crippen molar-refractivity contribution in [3.05, 3.63) is 4.60 Å². The number of alkyl halides is 1. The Morgan fingerprint density at radius 2 is 2.24 bits per heavy atom. The molecule has 0 bridgehead atoms. The second-order valence-electron chi connectivity index (χ2n) is 3.63. The van der Waals surface area contributed by atoms with Gasteiger partial charge in [-0.25, -0.2) is 17.8 Å². The molecule has 1 aromatic rings. The quantitative estimate of drug-likeness (QED) is 0.622. The number of aromatic nitrogens is 3. The van der Waals surface area contributed by atoms with Crippen molar-refractivity contribution >= 4 is 37.6 Å². The van der Waals surface area contributed by atoms with Crippen LogP contribution in [0.5, 0.6) is 0 Å². The fraction of sp³-hybridized carbons (Fsp3) is 0.750. The molecule has 0 spiro atoms. The normalized spacial score (nSPS) is 13.9. The van der Waals surface area contributed by atoms with Gasteiger partial charge in [0.1, 0.15) is 0 Å². The van der Waals surface area contributed by atoms with Crippen LogP contribution in [0, 0.1) is 0 Å². The smallest absolute Gasteiger partial charge is 0.235 e. The summed E-state index contributed by atoms with van der Waals surface area (Å²) in [4.78, 5) is 0. The van der Waals surface area contributed by atoms with Gasteiger partial charge in [-0.1, -0.05) is 5.21 Å². The van der Waals surface area contributed by atoms with Crippen molar-refractivity contribution < 1.29 is 8.42 Å². The van der Waals surface area contributed by atoms with E-state index in [1.807, 2.05) is 6.92 Å². The molecule has 17 heavy (non-hydrogen) atoms. The molecule has 1 rings (SSSR count). The van der Waals surface area contributed by atoms with Gasteiger partial charge in [-0.2, -0.15) is 0 Å². The van der Waals surface area contributed by atoms with Crippen LogP contribution < -0.4 is 4.72 Å². The number of halogens is 2. The summed E-state index contributed by atoms with van der Waals surface area (Å²) < 4.78 is 27.7. The summed E-state index contributed by atoms with van der Waals surface area (Å²) in [6, 6.07) is 0. The molecule has 0 aromatic carbocycles. The van der Waals surface area contributed by atoms with Crippen LogP contribution in [0.1, 0.15) is 19.8 Å². The van der Waals surface area contributed by atoms with Crippen molar-refractivity contribution in [2.75, 3.05) is 6.54 Å². The summed E-state index contributed by atoms with van der Waals surface area (Å²) in [5, 5.41) is 7.32. The Bertz CT molecular complexity index is 454. The van der Waals surface area contributed by atoms with Crippen molar-refractivity contribution in [1.29, 1.82) is 0 Å². The van der Waals surface area contributed by atoms with Crippen LogP contribution in [0.4, 0.5) is 0 Å². The number of nitrogens with zero attached hydrogens (tertiary/aromatic N) is 3. The molecule has 0 amide bonds. The van der Waals surface area contributed by atoms with Gasteiger partial charge in [0, 0.05) is 19.0 Å². The van der Waals surface area contributed by atoms with Crippen LogP contribution in [0.15, 0.2) is 9.63 Å². The third-order valence-electron chi connectivity index (χ3n) is 2.06. The lowest BCUT2D eigenvalue weighted by molar-refractivity contribution is 0.556. The Kier molecular flexibility index (Phi) is 5.36. The fourth-order valence-corrected chi connectivity index (χ4v) is 3.58. The number of hydrogen-bond acceptors (Lipinski definition) is 4. The van der Waals surface area contributed by atoms with Gasteiger partial charge in [-0.05, 0) is 35.7 Å². The van der Waals surface area contributed by atoms with E-state index < -0.39 is 10.0 Å². The van der Waals surface area contributed by atoms with Crippen LogP contribution in [0.2, 0.25) is 0 Å². The third kappa shape index (κ3) is 4.20. The first-order chi connectivity index (χ1) is 7.84. The molecular formula is C8H14BrClN4O2S. The lowest BCUT2D eigenvalue weighted by Gasteiger charge is -2.07. The zero-order valence-electron chi connectivity index (χ0n) is 9.52. The van der Waals surface area contributed by atoms with Crippen molar-refractivity contribution in [2.24, 2.45) is 7.05 Å². The van der Waals surface area contributed by atoms with Gasteiger partial charge in [0.15, 0.2) is 4.60 Å². The Morgan fingerprint density at radius 1 is 1.59 bits per heavy atom. The van der Waals surface area contributed by atoms with E-state index in [1.165, 1.54) is 11.7 Å². The molecule has 0 aliphatic heterocycles. The van der Waals surface area contributed by atoms with E-state index in [4.69, 9.17) is 11.6 Å². The highest BCUT2D eigenvalue weighted by Gasteiger charge is 2.23. The number of nitrogens with one attached hydrogen (secondary N) is 1. The first-order valence-corrected chi connectivity index (χ1v) is 7.74. The Balaban J connectivity index is 2.64. The second-order valence-corrected chi connectivity index (χ2v) is 6.81. The summed E-state index contributed by atoms with van der Waals surface area (Å²) in [5.41, 5.74) is 0. The highest BCUT2D eigenvalue weighted by molar-refractivity contribution is 9.10. The van der Waals surface area contributed by atoms with Gasteiger partial charge < -0.3 is 0 Å². The van der Waals surface area contributed by atoms with Crippen molar-refractivity contribution in [2.45, 2.75) is 30.2 Å². The summed E-state index contributed by atoms with van der Waals surface area (Å²) >= 11 is 8.82. The largest absolute Gasteiger partial charge is 0.260 e. The van der Waals surface area contributed by atoms with E-state index in [0.717, 1.165) is 6.42 Å². The summed E-state index contributed by atoms with van der Waals surface area (Å²) in [6.45, 7) is 2.22. The molecule has 6 nitrogen and oxygen atoms in total. The minimum absolute atomic E-state index is 0.0245. The van der Waals surface area contributed by atoms with E-state index in [0.29, 0.717) is 13.0 Å². The molecule has 1 unspecified atom stereocenters. The highest BCUT2D eigenvalue weighted by atomic mass is 79.9. The molecule has 1 aromatic heterocycles. The molecule has 0 saturated carbocycles. The predicted molar refractivity (Wildman–Crippen MR) is 68.4 cm³/mol. The monoisotopic (exact) mass is 344 g/mol. The summed E-state index contributed by atoms with van der Waals surface area (Å²) in [5.74, 6) is 0. The first kappa shape index (κ1) is 14.9. The summed E-state index contributed by atoms with van der Waals surface area (Å²) in [6.07, 6.45) is 1.45. The van der Waals surface area contributed by atoms with Gasteiger partial charge in [0.2, 0.25) is 5.03 Å². The molecule has 0 saturated heterocycles. The van der Waals surface area contributed by atoms with Crippen LogP contribution in [-0.4, -0.2) is 35.3 Å². The maximum atomic E-state index is 11.9. The van der Waals surface area contributed by atoms with E-state index >= 15 is 0 Å². The Hall–Kier alpha value is -0.180. The van der Waals surface area contributed by atoms with Crippen LogP contribution >= 0.6 is 27.5 Å². The van der Waals surface area contributed by atoms with Gasteiger partial charge in [-0.3, -0.25) is 0 Å². The van der Waals surface area contributed by atoms with E-state index in [9.17, 15) is 8.42 Å². The highest BCUT2D eigenvalue weighted by Crippen LogP contribution is 2.17. The van der Waals surface area contributed by atoms with Crippen molar-refractivity contribution in [1.82, 2.24) is 19.7 Å². The minimum atomic E-state index is -3.58. The topological polar surface area (TPSA) is 76.9 Å². The van der Waals surface area contributed by atoms with E-state index in [1.54, 1.807) is 0 Å². The number of aryl methyl sites for hydroxylation is 1. The predicted octanol–water partition coefficient (Wildman–Crippen LogP) is 1.26. The van der Waals surface area contributed by atoms with Gasteiger partial charge >= 0.3 is 0 Å². The average molecular weight is 346 g/mol. The molecule has 0 fully saturated rings. The molecule has 0 aliphatic carbocycles. The lowest BCUT2D eigenvalue weighted by Crippen LogP contribution is -2.27. The van der Waals surface area contributed by atoms with Crippen LogP contribution in [0.25, 0.3) is 0 Å². The maximum absolute atomic E-state index is 11.9. The summed E-state index contributed by atoms with van der Waals surface area (Å²) in [7, 11) is -2.06. The SMILES string of the molecule is CC(Cl)CCCNS(=O)(=O)c1c(Br)nnn1C. The minimum Gasteiger partial charge on any atom is -0.235 e. The van der Waals surface area contributed by atoms with E-state index in [-0.39, 0.29) is 15.0 Å². The fourth-order valence-electron chi connectivity index (χ4n) is 1.27. The molecule has 0 aliphatic rings. The molecule has 1 atom stereocenters. The molecule has 0 radical (unpaired) electrons. The number of hydrogen-bond donors (Lipinski definition) is 1. The Morgan fingerprint density at radius 3 is 2.71 bits per heavy atom. The first-order valence-electron chi connectivity index (χ1n) is 5.03. The standard InChI is InChI=1S/C8H14BrClN4O2S/c1-6(10)4-3-5-11-17(15,16)8-7(9)12-13-14(8)2/h6,11H,3-5H2,1-2H3. The van der Waals surface area contributed by atoms with Gasteiger partial charge in [-0.15, -0.1) is 16.7 Å². The molecule has 98 valence electrons. The third-order valence-corrected chi connectivity index (χ3v) is 4.63. The van der Waals surface area contributed by atoms with Crippen molar-refractivity contribution in [3.8, 4) is 0 Å². The van der Waals surface area contributed by atoms with Gasteiger partial charge in [0.25, 0.3) is 10.0 Å². The van der Waals surface area contributed by atoms with Crippen molar-refractivity contribution in [3.63, 3.8) is 0 Å².